The molecule has 12 heavy (non-hydrogen) atoms. The van der Waals surface area contributed by atoms with Crippen LogP contribution in [0.2, 0.25) is 0 Å². The van der Waals surface area contributed by atoms with Crippen LogP contribution in [0.4, 0.5) is 0 Å². The van der Waals surface area contributed by atoms with E-state index in [-0.39, 0.29) is 0 Å². The van der Waals surface area contributed by atoms with Gasteiger partial charge in [-0.2, -0.15) is 0 Å². The van der Waals surface area contributed by atoms with Crippen LogP contribution >= 0.6 is 0 Å². The monoisotopic (exact) mass is 171 g/mol. The lowest BCUT2D eigenvalue weighted by molar-refractivity contribution is 0.0322. The van der Waals surface area contributed by atoms with Crippen LogP contribution in [0.5, 0.6) is 0 Å². The Labute approximate surface area is 75.5 Å². The molecule has 1 fully saturated rings. The lowest BCUT2D eigenvalue weighted by atomic mass is 9.84. The number of methoxy groups -OCH3 is 1. The van der Waals surface area contributed by atoms with Crippen LogP contribution in [0.25, 0.3) is 0 Å². The molecule has 0 heterocycles. The molecule has 0 bridgehead atoms. The molecule has 2 N–H and O–H groups in total. The van der Waals surface area contributed by atoms with Gasteiger partial charge in [-0.05, 0) is 31.7 Å². The standard InChI is InChI=1S/C10H21NO/c1-12-10(7-8-11)9-5-3-2-4-6-9/h9-10H,2-8,11H2,1H3. The molecule has 0 spiro atoms. The molecule has 2 nitrogen and oxygen atoms in total. The van der Waals surface area contributed by atoms with Gasteiger partial charge in [-0.3, -0.25) is 0 Å². The molecule has 2 heteroatoms. The summed E-state index contributed by atoms with van der Waals surface area (Å²) in [4.78, 5) is 0. The van der Waals surface area contributed by atoms with Gasteiger partial charge in [0.15, 0.2) is 0 Å². The highest BCUT2D eigenvalue weighted by atomic mass is 16.5. The van der Waals surface area contributed by atoms with Gasteiger partial charge in [-0.15, -0.1) is 0 Å². The molecule has 1 unspecified atom stereocenters. The molecule has 0 aromatic rings. The Kier molecular flexibility index (Phi) is 4.62. The second kappa shape index (κ2) is 5.55. The van der Waals surface area contributed by atoms with Crippen molar-refractivity contribution in [2.45, 2.75) is 44.6 Å². The van der Waals surface area contributed by atoms with Crippen molar-refractivity contribution in [3.8, 4) is 0 Å². The van der Waals surface area contributed by atoms with Crippen molar-refractivity contribution in [2.24, 2.45) is 11.7 Å². The number of hydrogen-bond acceptors (Lipinski definition) is 2. The molecular weight excluding hydrogens is 150 g/mol. The summed E-state index contributed by atoms with van der Waals surface area (Å²) in [5.74, 6) is 0.785. The largest absolute Gasteiger partial charge is 0.381 e. The quantitative estimate of drug-likeness (QED) is 0.701. The van der Waals surface area contributed by atoms with E-state index in [1.54, 1.807) is 0 Å². The Morgan fingerprint density at radius 3 is 2.50 bits per heavy atom. The van der Waals surface area contributed by atoms with E-state index in [0.29, 0.717) is 6.10 Å². The molecule has 1 atom stereocenters. The summed E-state index contributed by atoms with van der Waals surface area (Å²) in [5.41, 5.74) is 5.53. The number of ether oxygens (including phenoxy) is 1. The van der Waals surface area contributed by atoms with Crippen LogP contribution in [-0.2, 0) is 4.74 Å². The van der Waals surface area contributed by atoms with Crippen molar-refractivity contribution in [1.82, 2.24) is 0 Å². The van der Waals surface area contributed by atoms with E-state index in [2.05, 4.69) is 0 Å². The molecule has 0 radical (unpaired) electrons. The second-order valence-electron chi connectivity index (χ2n) is 3.75. The van der Waals surface area contributed by atoms with Crippen LogP contribution in [0.15, 0.2) is 0 Å². The Balaban J connectivity index is 2.29. The lowest BCUT2D eigenvalue weighted by Gasteiger charge is -2.28. The highest BCUT2D eigenvalue weighted by Crippen LogP contribution is 2.28. The summed E-state index contributed by atoms with van der Waals surface area (Å²) < 4.78 is 5.45. The molecule has 0 aliphatic heterocycles. The predicted molar refractivity (Wildman–Crippen MR) is 51.0 cm³/mol. The van der Waals surface area contributed by atoms with E-state index >= 15 is 0 Å². The summed E-state index contributed by atoms with van der Waals surface area (Å²) in [6.07, 6.45) is 8.33. The zero-order valence-electron chi connectivity index (χ0n) is 8.09. The van der Waals surface area contributed by atoms with Crippen LogP contribution in [0, 0.1) is 5.92 Å². The van der Waals surface area contributed by atoms with Gasteiger partial charge in [0.05, 0.1) is 6.10 Å². The molecule has 0 amide bonds. The first kappa shape index (κ1) is 10.0. The topological polar surface area (TPSA) is 35.2 Å². The van der Waals surface area contributed by atoms with E-state index in [1.165, 1.54) is 32.1 Å². The van der Waals surface area contributed by atoms with Crippen LogP contribution < -0.4 is 5.73 Å². The van der Waals surface area contributed by atoms with Crippen molar-refractivity contribution < 1.29 is 4.74 Å². The maximum absolute atomic E-state index is 5.53. The first-order chi connectivity index (χ1) is 5.88. The highest BCUT2D eigenvalue weighted by molar-refractivity contribution is 4.74. The minimum atomic E-state index is 0.426. The van der Waals surface area contributed by atoms with Crippen molar-refractivity contribution in [1.29, 1.82) is 0 Å². The minimum absolute atomic E-state index is 0.426. The van der Waals surface area contributed by atoms with Gasteiger partial charge >= 0.3 is 0 Å². The molecule has 1 aliphatic rings. The number of rotatable bonds is 4. The van der Waals surface area contributed by atoms with Crippen molar-refractivity contribution in [2.75, 3.05) is 13.7 Å². The lowest BCUT2D eigenvalue weighted by Crippen LogP contribution is -2.27. The van der Waals surface area contributed by atoms with E-state index in [9.17, 15) is 0 Å². The minimum Gasteiger partial charge on any atom is -0.381 e. The van der Waals surface area contributed by atoms with Crippen molar-refractivity contribution in [3.63, 3.8) is 0 Å². The smallest absolute Gasteiger partial charge is 0.0611 e. The van der Waals surface area contributed by atoms with Crippen molar-refractivity contribution >= 4 is 0 Å². The van der Waals surface area contributed by atoms with Gasteiger partial charge in [0.1, 0.15) is 0 Å². The van der Waals surface area contributed by atoms with E-state index in [4.69, 9.17) is 10.5 Å². The van der Waals surface area contributed by atoms with Crippen LogP contribution in [-0.4, -0.2) is 19.8 Å². The third kappa shape index (κ3) is 2.76. The fourth-order valence-corrected chi connectivity index (χ4v) is 2.22. The van der Waals surface area contributed by atoms with Crippen LogP contribution in [0.1, 0.15) is 38.5 Å². The average Bonchev–Trinajstić information content (AvgIpc) is 2.15. The zero-order valence-corrected chi connectivity index (χ0v) is 8.09. The molecule has 1 aliphatic carbocycles. The second-order valence-corrected chi connectivity index (χ2v) is 3.75. The third-order valence-electron chi connectivity index (χ3n) is 2.93. The van der Waals surface area contributed by atoms with Gasteiger partial charge in [0.2, 0.25) is 0 Å². The van der Waals surface area contributed by atoms with E-state index < -0.39 is 0 Å². The Morgan fingerprint density at radius 2 is 2.00 bits per heavy atom. The van der Waals surface area contributed by atoms with E-state index in [1.807, 2.05) is 7.11 Å². The predicted octanol–water partition coefficient (Wildman–Crippen LogP) is 1.93. The van der Waals surface area contributed by atoms with Crippen molar-refractivity contribution in [3.05, 3.63) is 0 Å². The fraction of sp³-hybridized carbons (Fsp3) is 1.00. The molecule has 1 rings (SSSR count). The molecule has 72 valence electrons. The first-order valence-corrected chi connectivity index (χ1v) is 5.11. The Bertz CT molecular complexity index is 108. The van der Waals surface area contributed by atoms with Gasteiger partial charge in [-0.1, -0.05) is 19.3 Å². The van der Waals surface area contributed by atoms with Gasteiger partial charge in [-0.25, -0.2) is 0 Å². The molecular formula is C10H21NO. The molecule has 0 aromatic heterocycles. The normalized spacial score (nSPS) is 22.5. The Morgan fingerprint density at radius 1 is 1.33 bits per heavy atom. The Hall–Kier alpha value is -0.0800. The number of nitrogens with two attached hydrogens (primary N) is 1. The third-order valence-corrected chi connectivity index (χ3v) is 2.93. The summed E-state index contributed by atoms with van der Waals surface area (Å²) in [7, 11) is 1.81. The maximum atomic E-state index is 5.53. The summed E-state index contributed by atoms with van der Waals surface area (Å²) in [5, 5.41) is 0. The fourth-order valence-electron chi connectivity index (χ4n) is 2.22. The summed E-state index contributed by atoms with van der Waals surface area (Å²) >= 11 is 0. The van der Waals surface area contributed by atoms with Gasteiger partial charge < -0.3 is 10.5 Å². The summed E-state index contributed by atoms with van der Waals surface area (Å²) in [6.45, 7) is 0.759. The number of hydrogen-bond donors (Lipinski definition) is 1. The van der Waals surface area contributed by atoms with E-state index in [0.717, 1.165) is 18.9 Å². The maximum Gasteiger partial charge on any atom is 0.0611 e. The zero-order chi connectivity index (χ0) is 8.81. The highest BCUT2D eigenvalue weighted by Gasteiger charge is 2.22. The molecule has 0 saturated heterocycles. The van der Waals surface area contributed by atoms with Gasteiger partial charge in [0.25, 0.3) is 0 Å². The molecule has 0 aromatic carbocycles. The molecule has 1 saturated carbocycles. The summed E-state index contributed by atoms with van der Waals surface area (Å²) in [6, 6.07) is 0. The average molecular weight is 171 g/mol. The first-order valence-electron chi connectivity index (χ1n) is 5.11. The SMILES string of the molecule is COC(CCN)C1CCCCC1. The van der Waals surface area contributed by atoms with Crippen LogP contribution in [0.3, 0.4) is 0 Å². The van der Waals surface area contributed by atoms with Gasteiger partial charge in [0, 0.05) is 7.11 Å².